The maximum absolute atomic E-state index is 12.6. The molecule has 0 saturated carbocycles. The third-order valence-corrected chi connectivity index (χ3v) is 4.07. The summed E-state index contributed by atoms with van der Waals surface area (Å²) in [6.07, 6.45) is 0. The van der Waals surface area contributed by atoms with Crippen molar-refractivity contribution in [2.45, 2.75) is 6.92 Å². The van der Waals surface area contributed by atoms with Crippen LogP contribution in [0.4, 0.5) is 0 Å². The van der Waals surface area contributed by atoms with Gasteiger partial charge in [-0.1, -0.05) is 35.3 Å². The fourth-order valence-corrected chi connectivity index (χ4v) is 2.60. The first kappa shape index (κ1) is 14.8. The first-order chi connectivity index (χ1) is 10.5. The van der Waals surface area contributed by atoms with E-state index in [4.69, 9.17) is 27.6 Å². The Bertz CT molecular complexity index is 958. The second-order valence-corrected chi connectivity index (χ2v) is 5.63. The van der Waals surface area contributed by atoms with Crippen molar-refractivity contribution in [1.82, 2.24) is 0 Å². The van der Waals surface area contributed by atoms with Crippen LogP contribution in [-0.2, 0) is 0 Å². The number of ketones is 1. The fraction of sp³-hybridized carbons (Fsp3) is 0.0588. The maximum Gasteiger partial charge on any atom is 0.204 e. The summed E-state index contributed by atoms with van der Waals surface area (Å²) in [4.78, 5) is 24.5. The molecule has 2 aromatic carbocycles. The number of Topliss-reactive ketones (excluding diaryl/α,β-unsaturated/α-hetero) is 1. The molecule has 0 unspecified atom stereocenters. The molecule has 0 aliphatic rings. The third kappa shape index (κ3) is 2.43. The predicted octanol–water partition coefficient (Wildman–Crippen LogP) is 4.97. The van der Waals surface area contributed by atoms with E-state index in [1.54, 1.807) is 42.5 Å². The summed E-state index contributed by atoms with van der Waals surface area (Å²) < 4.78 is 5.79. The van der Waals surface area contributed by atoms with Gasteiger partial charge in [-0.3, -0.25) is 9.59 Å². The molecule has 0 amide bonds. The van der Waals surface area contributed by atoms with E-state index in [-0.39, 0.29) is 22.5 Å². The maximum atomic E-state index is 12.6. The van der Waals surface area contributed by atoms with Crippen LogP contribution in [0.1, 0.15) is 17.3 Å². The number of para-hydroxylation sites is 1. The van der Waals surface area contributed by atoms with Crippen LogP contribution < -0.4 is 5.43 Å². The van der Waals surface area contributed by atoms with Crippen molar-refractivity contribution in [1.29, 1.82) is 0 Å². The quantitative estimate of drug-likeness (QED) is 0.622. The monoisotopic (exact) mass is 332 g/mol. The van der Waals surface area contributed by atoms with E-state index < -0.39 is 0 Å². The highest BCUT2D eigenvalue weighted by atomic mass is 35.5. The Hall–Kier alpha value is -2.10. The van der Waals surface area contributed by atoms with Crippen LogP contribution in [0.15, 0.2) is 51.7 Å². The summed E-state index contributed by atoms with van der Waals surface area (Å²) in [6.45, 7) is 1.34. The zero-order valence-corrected chi connectivity index (χ0v) is 13.0. The van der Waals surface area contributed by atoms with E-state index in [1.807, 2.05) is 0 Å². The van der Waals surface area contributed by atoms with Crippen molar-refractivity contribution in [2.75, 3.05) is 0 Å². The van der Waals surface area contributed by atoms with Gasteiger partial charge in [-0.25, -0.2) is 0 Å². The molecule has 0 saturated heterocycles. The van der Waals surface area contributed by atoms with Gasteiger partial charge in [0.15, 0.2) is 5.78 Å². The van der Waals surface area contributed by atoms with E-state index in [0.717, 1.165) is 0 Å². The molecule has 0 aliphatic carbocycles. The van der Waals surface area contributed by atoms with Gasteiger partial charge in [0.25, 0.3) is 0 Å². The summed E-state index contributed by atoms with van der Waals surface area (Å²) in [5.41, 5.74) is 0.605. The summed E-state index contributed by atoms with van der Waals surface area (Å²) in [7, 11) is 0. The van der Waals surface area contributed by atoms with Crippen molar-refractivity contribution in [2.24, 2.45) is 0 Å². The Morgan fingerprint density at radius 3 is 2.45 bits per heavy atom. The third-order valence-electron chi connectivity index (χ3n) is 3.33. The lowest BCUT2D eigenvalue weighted by Gasteiger charge is -2.09. The Kier molecular flexibility index (Phi) is 3.77. The standard InChI is InChI=1S/C17H10Cl2O3/c1-9(20)15-16(21)11-4-2-3-5-14(11)22-17(15)10-6-7-12(18)13(19)8-10/h2-8H,1H3. The minimum atomic E-state index is -0.361. The van der Waals surface area contributed by atoms with Crippen LogP contribution in [0.5, 0.6) is 0 Å². The number of hydrogen-bond acceptors (Lipinski definition) is 3. The second-order valence-electron chi connectivity index (χ2n) is 4.82. The van der Waals surface area contributed by atoms with Gasteiger partial charge in [-0.2, -0.15) is 0 Å². The molecule has 0 fully saturated rings. The molecule has 22 heavy (non-hydrogen) atoms. The average molecular weight is 333 g/mol. The smallest absolute Gasteiger partial charge is 0.204 e. The van der Waals surface area contributed by atoms with Gasteiger partial charge in [-0.05, 0) is 37.3 Å². The number of carbonyl (C=O) groups excluding carboxylic acids is 1. The summed E-state index contributed by atoms with van der Waals surface area (Å²) >= 11 is 11.9. The van der Waals surface area contributed by atoms with Gasteiger partial charge in [0, 0.05) is 5.56 Å². The molecule has 1 aromatic heterocycles. The fourth-order valence-electron chi connectivity index (χ4n) is 2.30. The summed E-state index contributed by atoms with van der Waals surface area (Å²) in [6, 6.07) is 11.6. The molecule has 0 spiro atoms. The lowest BCUT2D eigenvalue weighted by atomic mass is 10.0. The van der Waals surface area contributed by atoms with E-state index in [0.29, 0.717) is 26.6 Å². The second kappa shape index (κ2) is 5.59. The SMILES string of the molecule is CC(=O)c1c(-c2ccc(Cl)c(Cl)c2)oc2ccccc2c1=O. The van der Waals surface area contributed by atoms with Crippen molar-refractivity contribution in [3.05, 3.63) is 68.3 Å². The van der Waals surface area contributed by atoms with Crippen LogP contribution in [-0.4, -0.2) is 5.78 Å². The van der Waals surface area contributed by atoms with Crippen molar-refractivity contribution in [3.63, 3.8) is 0 Å². The first-order valence-electron chi connectivity index (χ1n) is 6.51. The average Bonchev–Trinajstić information content (AvgIpc) is 2.49. The van der Waals surface area contributed by atoms with Gasteiger partial charge in [0.1, 0.15) is 16.9 Å². The molecule has 3 nitrogen and oxygen atoms in total. The van der Waals surface area contributed by atoms with Crippen LogP contribution in [0.25, 0.3) is 22.3 Å². The Labute approximate surface area is 136 Å². The minimum absolute atomic E-state index is 0.0112. The molecule has 3 aromatic rings. The molecule has 0 aliphatic heterocycles. The highest BCUT2D eigenvalue weighted by molar-refractivity contribution is 6.42. The van der Waals surface area contributed by atoms with Crippen LogP contribution in [0, 0.1) is 0 Å². The van der Waals surface area contributed by atoms with Gasteiger partial charge >= 0.3 is 0 Å². The van der Waals surface area contributed by atoms with E-state index in [9.17, 15) is 9.59 Å². The van der Waals surface area contributed by atoms with E-state index in [2.05, 4.69) is 0 Å². The number of rotatable bonds is 2. The number of halogens is 2. The van der Waals surface area contributed by atoms with Crippen molar-refractivity contribution >= 4 is 40.0 Å². The number of benzene rings is 2. The molecule has 0 radical (unpaired) electrons. The summed E-state index contributed by atoms with van der Waals surface area (Å²) in [5.74, 6) is -0.157. The highest BCUT2D eigenvalue weighted by Crippen LogP contribution is 2.31. The number of hydrogen-bond donors (Lipinski definition) is 0. The Balaban J connectivity index is 2.41. The van der Waals surface area contributed by atoms with Crippen LogP contribution in [0.3, 0.4) is 0 Å². The number of carbonyl (C=O) groups is 1. The number of fused-ring (bicyclic) bond motifs is 1. The van der Waals surface area contributed by atoms with Crippen molar-refractivity contribution < 1.29 is 9.21 Å². The molecule has 0 bridgehead atoms. The first-order valence-corrected chi connectivity index (χ1v) is 7.27. The normalized spacial score (nSPS) is 10.9. The zero-order chi connectivity index (χ0) is 15.9. The van der Waals surface area contributed by atoms with E-state index >= 15 is 0 Å². The minimum Gasteiger partial charge on any atom is -0.455 e. The lowest BCUT2D eigenvalue weighted by Crippen LogP contribution is -2.14. The lowest BCUT2D eigenvalue weighted by molar-refractivity contribution is 0.101. The Morgan fingerprint density at radius 2 is 1.77 bits per heavy atom. The molecule has 0 N–H and O–H groups in total. The highest BCUT2D eigenvalue weighted by Gasteiger charge is 2.19. The Morgan fingerprint density at radius 1 is 1.05 bits per heavy atom. The molecule has 1 heterocycles. The molecule has 3 rings (SSSR count). The topological polar surface area (TPSA) is 47.3 Å². The van der Waals surface area contributed by atoms with Crippen LogP contribution >= 0.6 is 23.2 Å². The van der Waals surface area contributed by atoms with Gasteiger partial charge in [-0.15, -0.1) is 0 Å². The molecule has 0 atom stereocenters. The largest absolute Gasteiger partial charge is 0.455 e. The molecular formula is C17H10Cl2O3. The molecule has 5 heteroatoms. The molecular weight excluding hydrogens is 323 g/mol. The predicted molar refractivity (Wildman–Crippen MR) is 87.9 cm³/mol. The van der Waals surface area contributed by atoms with Crippen LogP contribution in [0.2, 0.25) is 10.0 Å². The summed E-state index contributed by atoms with van der Waals surface area (Å²) in [5, 5.41) is 1.08. The zero-order valence-electron chi connectivity index (χ0n) is 11.5. The molecule has 110 valence electrons. The van der Waals surface area contributed by atoms with Gasteiger partial charge < -0.3 is 4.42 Å². The van der Waals surface area contributed by atoms with Crippen molar-refractivity contribution in [3.8, 4) is 11.3 Å². The van der Waals surface area contributed by atoms with Gasteiger partial charge in [0.05, 0.1) is 15.4 Å². The van der Waals surface area contributed by atoms with E-state index in [1.165, 1.54) is 6.92 Å². The van der Waals surface area contributed by atoms with Gasteiger partial charge in [0.2, 0.25) is 5.43 Å².